The largest absolute Gasteiger partial charge is 0.506 e. The van der Waals surface area contributed by atoms with Crippen LogP contribution in [-0.4, -0.2) is 11.1 Å². The molecule has 18 heavy (non-hydrogen) atoms. The van der Waals surface area contributed by atoms with E-state index in [4.69, 9.17) is 16.0 Å². The minimum absolute atomic E-state index is 0.102. The SMILES string of the molecule is CC(CCc1ccco1)Nc1ccc(O)c(Cl)c1. The lowest BCUT2D eigenvalue weighted by molar-refractivity contribution is 0.475. The van der Waals surface area contributed by atoms with Gasteiger partial charge in [-0.15, -0.1) is 0 Å². The van der Waals surface area contributed by atoms with E-state index in [9.17, 15) is 5.11 Å². The number of anilines is 1. The van der Waals surface area contributed by atoms with Crippen molar-refractivity contribution in [2.45, 2.75) is 25.8 Å². The van der Waals surface area contributed by atoms with Crippen LogP contribution in [0.15, 0.2) is 41.0 Å². The highest BCUT2D eigenvalue weighted by molar-refractivity contribution is 6.32. The molecule has 2 aromatic rings. The molecular formula is C14H16ClNO2. The summed E-state index contributed by atoms with van der Waals surface area (Å²) in [6.07, 6.45) is 3.55. The smallest absolute Gasteiger partial charge is 0.134 e. The highest BCUT2D eigenvalue weighted by Gasteiger charge is 2.06. The maximum absolute atomic E-state index is 9.33. The summed E-state index contributed by atoms with van der Waals surface area (Å²) in [5, 5.41) is 13.0. The van der Waals surface area contributed by atoms with Crippen LogP contribution in [-0.2, 0) is 6.42 Å². The number of benzene rings is 1. The predicted molar refractivity (Wildman–Crippen MR) is 73.2 cm³/mol. The number of hydrogen-bond donors (Lipinski definition) is 2. The lowest BCUT2D eigenvalue weighted by Gasteiger charge is -2.15. The summed E-state index contributed by atoms with van der Waals surface area (Å²) in [7, 11) is 0. The fourth-order valence-electron chi connectivity index (χ4n) is 1.77. The van der Waals surface area contributed by atoms with E-state index in [1.165, 1.54) is 0 Å². The van der Waals surface area contributed by atoms with Gasteiger partial charge in [0.15, 0.2) is 0 Å². The Labute approximate surface area is 111 Å². The molecule has 0 radical (unpaired) electrons. The molecule has 3 nitrogen and oxygen atoms in total. The maximum atomic E-state index is 9.33. The Morgan fingerprint density at radius 2 is 2.22 bits per heavy atom. The maximum Gasteiger partial charge on any atom is 0.134 e. The molecule has 1 unspecified atom stereocenters. The van der Waals surface area contributed by atoms with Crippen LogP contribution < -0.4 is 5.32 Å². The third-order valence-electron chi connectivity index (χ3n) is 2.76. The van der Waals surface area contributed by atoms with Crippen LogP contribution in [0.5, 0.6) is 5.75 Å². The molecule has 0 bridgehead atoms. The van der Waals surface area contributed by atoms with Gasteiger partial charge in [0.05, 0.1) is 11.3 Å². The van der Waals surface area contributed by atoms with Crippen LogP contribution in [0.3, 0.4) is 0 Å². The van der Waals surface area contributed by atoms with Gasteiger partial charge >= 0.3 is 0 Å². The van der Waals surface area contributed by atoms with Crippen molar-refractivity contribution in [3.63, 3.8) is 0 Å². The molecule has 96 valence electrons. The van der Waals surface area contributed by atoms with Gasteiger partial charge in [0.25, 0.3) is 0 Å². The monoisotopic (exact) mass is 265 g/mol. The molecule has 0 spiro atoms. The summed E-state index contributed by atoms with van der Waals surface area (Å²) < 4.78 is 5.29. The Morgan fingerprint density at radius 3 is 2.89 bits per heavy atom. The molecule has 1 aromatic carbocycles. The predicted octanol–water partition coefficient (Wildman–Crippen LogP) is 4.07. The number of hydrogen-bond acceptors (Lipinski definition) is 3. The van der Waals surface area contributed by atoms with Crippen molar-refractivity contribution in [1.29, 1.82) is 0 Å². The standard InChI is InChI=1S/C14H16ClNO2/c1-10(4-6-12-3-2-8-18-12)16-11-5-7-14(17)13(15)9-11/h2-3,5,7-10,16-17H,4,6H2,1H3. The van der Waals surface area contributed by atoms with Crippen LogP contribution in [0.2, 0.25) is 5.02 Å². The molecule has 4 heteroatoms. The fraction of sp³-hybridized carbons (Fsp3) is 0.286. The molecule has 1 atom stereocenters. The van der Waals surface area contributed by atoms with Gasteiger partial charge in [-0.25, -0.2) is 0 Å². The number of aryl methyl sites for hydroxylation is 1. The van der Waals surface area contributed by atoms with E-state index in [1.54, 1.807) is 18.4 Å². The summed E-state index contributed by atoms with van der Waals surface area (Å²) in [6, 6.07) is 9.29. The van der Waals surface area contributed by atoms with E-state index in [-0.39, 0.29) is 5.75 Å². The van der Waals surface area contributed by atoms with E-state index in [0.29, 0.717) is 11.1 Å². The van der Waals surface area contributed by atoms with Crippen molar-refractivity contribution in [2.75, 3.05) is 5.32 Å². The second-order valence-electron chi connectivity index (χ2n) is 4.33. The second-order valence-corrected chi connectivity index (χ2v) is 4.74. The highest BCUT2D eigenvalue weighted by atomic mass is 35.5. The van der Waals surface area contributed by atoms with Crippen molar-refractivity contribution < 1.29 is 9.52 Å². The van der Waals surface area contributed by atoms with E-state index >= 15 is 0 Å². The molecule has 0 aliphatic heterocycles. The van der Waals surface area contributed by atoms with Gasteiger partial charge in [0, 0.05) is 18.2 Å². The first-order chi connectivity index (χ1) is 8.65. The molecule has 0 aliphatic carbocycles. The van der Waals surface area contributed by atoms with Crippen LogP contribution >= 0.6 is 11.6 Å². The van der Waals surface area contributed by atoms with Crippen molar-refractivity contribution >= 4 is 17.3 Å². The van der Waals surface area contributed by atoms with Crippen LogP contribution in [0.1, 0.15) is 19.1 Å². The van der Waals surface area contributed by atoms with Crippen LogP contribution in [0.4, 0.5) is 5.69 Å². The molecule has 0 fully saturated rings. The van der Waals surface area contributed by atoms with Gasteiger partial charge in [-0.1, -0.05) is 11.6 Å². The topological polar surface area (TPSA) is 45.4 Å². The van der Waals surface area contributed by atoms with Crippen LogP contribution in [0, 0.1) is 0 Å². The van der Waals surface area contributed by atoms with Gasteiger partial charge in [0.1, 0.15) is 11.5 Å². The Kier molecular flexibility index (Phi) is 4.15. The van der Waals surface area contributed by atoms with E-state index in [0.717, 1.165) is 24.3 Å². The zero-order chi connectivity index (χ0) is 13.0. The Bertz CT molecular complexity index is 497. The van der Waals surface area contributed by atoms with Gasteiger partial charge in [-0.05, 0) is 43.7 Å². The minimum Gasteiger partial charge on any atom is -0.506 e. The summed E-state index contributed by atoms with van der Waals surface area (Å²) in [4.78, 5) is 0. The number of furan rings is 1. The Morgan fingerprint density at radius 1 is 1.39 bits per heavy atom. The number of phenols is 1. The number of phenolic OH excluding ortho intramolecular Hbond substituents is 1. The highest BCUT2D eigenvalue weighted by Crippen LogP contribution is 2.26. The third-order valence-corrected chi connectivity index (χ3v) is 3.07. The Hall–Kier alpha value is -1.61. The van der Waals surface area contributed by atoms with Gasteiger partial charge in [-0.2, -0.15) is 0 Å². The third kappa shape index (κ3) is 3.44. The Balaban J connectivity index is 1.86. The molecular weight excluding hydrogens is 250 g/mol. The molecule has 1 heterocycles. The van der Waals surface area contributed by atoms with Crippen molar-refractivity contribution in [3.05, 3.63) is 47.4 Å². The minimum atomic E-state index is 0.102. The molecule has 0 saturated heterocycles. The molecule has 2 rings (SSSR count). The zero-order valence-electron chi connectivity index (χ0n) is 10.2. The van der Waals surface area contributed by atoms with E-state index in [1.807, 2.05) is 18.2 Å². The van der Waals surface area contributed by atoms with Crippen molar-refractivity contribution in [3.8, 4) is 5.75 Å². The first-order valence-corrected chi connectivity index (χ1v) is 6.30. The van der Waals surface area contributed by atoms with E-state index in [2.05, 4.69) is 12.2 Å². The quantitative estimate of drug-likeness (QED) is 0.801. The van der Waals surface area contributed by atoms with Crippen LogP contribution in [0.25, 0.3) is 0 Å². The van der Waals surface area contributed by atoms with Gasteiger partial charge in [0.2, 0.25) is 0 Å². The van der Waals surface area contributed by atoms with Crippen molar-refractivity contribution in [1.82, 2.24) is 0 Å². The molecule has 0 amide bonds. The molecule has 1 aromatic heterocycles. The normalized spacial score (nSPS) is 12.3. The van der Waals surface area contributed by atoms with Gasteiger partial charge < -0.3 is 14.8 Å². The first-order valence-electron chi connectivity index (χ1n) is 5.92. The summed E-state index contributed by atoms with van der Waals surface area (Å²) in [6.45, 7) is 2.10. The lowest BCUT2D eigenvalue weighted by atomic mass is 10.1. The van der Waals surface area contributed by atoms with E-state index < -0.39 is 0 Å². The number of halogens is 1. The van der Waals surface area contributed by atoms with Crippen molar-refractivity contribution in [2.24, 2.45) is 0 Å². The second kappa shape index (κ2) is 5.83. The summed E-state index contributed by atoms with van der Waals surface area (Å²) >= 11 is 5.85. The zero-order valence-corrected chi connectivity index (χ0v) is 10.9. The van der Waals surface area contributed by atoms with Gasteiger partial charge in [-0.3, -0.25) is 0 Å². The summed E-state index contributed by atoms with van der Waals surface area (Å²) in [5.41, 5.74) is 0.907. The lowest BCUT2D eigenvalue weighted by Crippen LogP contribution is -2.15. The first kappa shape index (κ1) is 12.8. The summed E-state index contributed by atoms with van der Waals surface area (Å²) in [5.74, 6) is 1.10. The fourth-order valence-corrected chi connectivity index (χ4v) is 1.95. The molecule has 0 saturated carbocycles. The number of aromatic hydroxyl groups is 1. The molecule has 0 aliphatic rings. The average molecular weight is 266 g/mol. The average Bonchev–Trinajstić information content (AvgIpc) is 2.84. The number of nitrogens with one attached hydrogen (secondary N) is 1. The number of rotatable bonds is 5. The molecule has 2 N–H and O–H groups in total.